The van der Waals surface area contributed by atoms with Crippen molar-refractivity contribution in [3.05, 3.63) is 12.2 Å². The van der Waals surface area contributed by atoms with Crippen molar-refractivity contribution < 1.29 is 4.74 Å². The second-order valence-electron chi connectivity index (χ2n) is 3.30. The van der Waals surface area contributed by atoms with Crippen molar-refractivity contribution in [2.24, 2.45) is 4.99 Å². The average molecular weight is 167 g/mol. The normalized spacial score (nSPS) is 21.8. The van der Waals surface area contributed by atoms with Crippen LogP contribution in [-0.2, 0) is 4.74 Å². The minimum atomic E-state index is 0.219. The van der Waals surface area contributed by atoms with E-state index in [2.05, 4.69) is 18.5 Å². The van der Waals surface area contributed by atoms with E-state index >= 15 is 0 Å². The van der Waals surface area contributed by atoms with Gasteiger partial charge in [-0.25, -0.2) is 4.99 Å². The van der Waals surface area contributed by atoms with Gasteiger partial charge in [0.25, 0.3) is 0 Å². The van der Waals surface area contributed by atoms with Gasteiger partial charge in [-0.05, 0) is 13.3 Å². The van der Waals surface area contributed by atoms with E-state index in [4.69, 9.17) is 4.74 Å². The molecule has 1 heterocycles. The Kier molecular flexibility index (Phi) is 3.32. The molecule has 0 aliphatic carbocycles. The molecule has 1 rings (SSSR count). The molecule has 1 atom stereocenters. The van der Waals surface area contributed by atoms with Crippen molar-refractivity contribution >= 4 is 5.90 Å². The highest BCUT2D eigenvalue weighted by Gasteiger charge is 2.17. The van der Waals surface area contributed by atoms with E-state index in [0.717, 1.165) is 17.9 Å². The van der Waals surface area contributed by atoms with Gasteiger partial charge in [0.1, 0.15) is 12.6 Å². The Morgan fingerprint density at radius 3 is 3.00 bits per heavy atom. The summed E-state index contributed by atoms with van der Waals surface area (Å²) < 4.78 is 5.42. The molecule has 0 fully saturated rings. The van der Waals surface area contributed by atoms with Crippen LogP contribution in [0.4, 0.5) is 0 Å². The fourth-order valence-corrected chi connectivity index (χ4v) is 1.14. The predicted molar refractivity (Wildman–Crippen MR) is 51.5 cm³/mol. The molecule has 0 aromatic heterocycles. The van der Waals surface area contributed by atoms with Crippen LogP contribution >= 0.6 is 0 Å². The minimum absolute atomic E-state index is 0.219. The number of nitrogens with zero attached hydrogens (tertiary/aromatic N) is 1. The second-order valence-corrected chi connectivity index (χ2v) is 3.30. The molecule has 0 spiro atoms. The van der Waals surface area contributed by atoms with Crippen LogP contribution in [0.15, 0.2) is 17.1 Å². The zero-order valence-electron chi connectivity index (χ0n) is 7.97. The van der Waals surface area contributed by atoms with Crippen LogP contribution in [-0.4, -0.2) is 18.5 Å². The van der Waals surface area contributed by atoms with E-state index in [-0.39, 0.29) is 6.04 Å². The number of unbranched alkanes of at least 4 members (excludes halogenated alkanes) is 1. The Bertz CT molecular complexity index is 196. The second kappa shape index (κ2) is 4.29. The summed E-state index contributed by atoms with van der Waals surface area (Å²) in [4.78, 5) is 4.42. The van der Waals surface area contributed by atoms with Gasteiger partial charge in [0.05, 0.1) is 0 Å². The maximum absolute atomic E-state index is 5.42. The number of hydrogen-bond donors (Lipinski definition) is 0. The van der Waals surface area contributed by atoms with Crippen LogP contribution in [0.1, 0.15) is 33.1 Å². The molecule has 0 aromatic rings. The average Bonchev–Trinajstić information content (AvgIpc) is 2.48. The topological polar surface area (TPSA) is 21.6 Å². The summed E-state index contributed by atoms with van der Waals surface area (Å²) >= 11 is 0. The van der Waals surface area contributed by atoms with E-state index in [9.17, 15) is 0 Å². The summed E-state index contributed by atoms with van der Waals surface area (Å²) in [5.41, 5.74) is 1.10. The third-order valence-corrected chi connectivity index (χ3v) is 2.02. The first-order chi connectivity index (χ1) is 5.74. The molecule has 1 unspecified atom stereocenters. The smallest absolute Gasteiger partial charge is 0.183 e. The Hall–Kier alpha value is -0.790. The van der Waals surface area contributed by atoms with Crippen LogP contribution in [0.2, 0.25) is 0 Å². The van der Waals surface area contributed by atoms with Crippen molar-refractivity contribution in [3.63, 3.8) is 0 Å². The highest BCUT2D eigenvalue weighted by Crippen LogP contribution is 2.14. The fourth-order valence-electron chi connectivity index (χ4n) is 1.14. The molecule has 12 heavy (non-hydrogen) atoms. The number of rotatable bonds is 4. The summed E-state index contributed by atoms with van der Waals surface area (Å²) in [6.07, 6.45) is 3.35. The van der Waals surface area contributed by atoms with E-state index in [1.807, 2.05) is 6.92 Å². The highest BCUT2D eigenvalue weighted by molar-refractivity contribution is 5.78. The molecular formula is C10H17NO. The molecule has 0 saturated carbocycles. The van der Waals surface area contributed by atoms with Gasteiger partial charge in [-0.15, -0.1) is 0 Å². The van der Waals surface area contributed by atoms with Crippen LogP contribution in [0, 0.1) is 0 Å². The number of aliphatic imine (C=N–C) groups is 1. The summed E-state index contributed by atoms with van der Waals surface area (Å²) in [7, 11) is 0. The number of hydrogen-bond acceptors (Lipinski definition) is 2. The molecule has 0 bridgehead atoms. The van der Waals surface area contributed by atoms with E-state index in [0.29, 0.717) is 6.61 Å². The van der Waals surface area contributed by atoms with Crippen molar-refractivity contribution in [3.8, 4) is 0 Å². The molecule has 0 radical (unpaired) electrons. The monoisotopic (exact) mass is 167 g/mol. The maximum atomic E-state index is 5.42. The van der Waals surface area contributed by atoms with E-state index < -0.39 is 0 Å². The van der Waals surface area contributed by atoms with Gasteiger partial charge in [-0.3, -0.25) is 0 Å². The third-order valence-electron chi connectivity index (χ3n) is 2.02. The molecule has 2 heteroatoms. The first-order valence-electron chi connectivity index (χ1n) is 4.59. The Morgan fingerprint density at radius 1 is 1.75 bits per heavy atom. The van der Waals surface area contributed by atoms with Gasteiger partial charge in [0.15, 0.2) is 5.90 Å². The van der Waals surface area contributed by atoms with Gasteiger partial charge in [-0.1, -0.05) is 25.5 Å². The lowest BCUT2D eigenvalue weighted by molar-refractivity contribution is 0.319. The van der Waals surface area contributed by atoms with Gasteiger partial charge in [0.2, 0.25) is 0 Å². The van der Waals surface area contributed by atoms with Crippen molar-refractivity contribution in [2.45, 2.75) is 39.2 Å². The quantitative estimate of drug-likeness (QED) is 0.590. The molecule has 0 aromatic carbocycles. The fraction of sp³-hybridized carbons (Fsp3) is 0.700. The first-order valence-corrected chi connectivity index (χ1v) is 4.59. The molecule has 0 amide bonds. The standard InChI is InChI=1S/C10H17NO/c1-4-5-6-10-11-9(7-12-10)8(2)3/h9H,2,4-7H2,1,3H3. The Morgan fingerprint density at radius 2 is 2.50 bits per heavy atom. The van der Waals surface area contributed by atoms with Crippen LogP contribution in [0.5, 0.6) is 0 Å². The minimum Gasteiger partial charge on any atom is -0.478 e. The molecule has 1 aliphatic rings. The SMILES string of the molecule is C=C(C)C1COC(CCCC)=N1. The maximum Gasteiger partial charge on any atom is 0.183 e. The Balaban J connectivity index is 2.37. The van der Waals surface area contributed by atoms with Crippen LogP contribution in [0.3, 0.4) is 0 Å². The van der Waals surface area contributed by atoms with Gasteiger partial charge in [-0.2, -0.15) is 0 Å². The molecular weight excluding hydrogens is 150 g/mol. The first kappa shape index (κ1) is 9.30. The Labute approximate surface area is 74.3 Å². The van der Waals surface area contributed by atoms with Crippen LogP contribution in [0.25, 0.3) is 0 Å². The number of ether oxygens (including phenoxy) is 1. The zero-order chi connectivity index (χ0) is 8.97. The lowest BCUT2D eigenvalue weighted by atomic mass is 10.2. The molecule has 0 saturated heterocycles. The van der Waals surface area contributed by atoms with Gasteiger partial charge in [0, 0.05) is 6.42 Å². The van der Waals surface area contributed by atoms with Crippen molar-refractivity contribution in [2.75, 3.05) is 6.61 Å². The van der Waals surface area contributed by atoms with Gasteiger partial charge < -0.3 is 4.74 Å². The predicted octanol–water partition coefficient (Wildman–Crippen LogP) is 2.55. The van der Waals surface area contributed by atoms with Gasteiger partial charge >= 0.3 is 0 Å². The summed E-state index contributed by atoms with van der Waals surface area (Å²) in [5.74, 6) is 0.921. The summed E-state index contributed by atoms with van der Waals surface area (Å²) in [6, 6.07) is 0.219. The summed E-state index contributed by atoms with van der Waals surface area (Å²) in [6.45, 7) is 8.74. The third kappa shape index (κ3) is 2.36. The highest BCUT2D eigenvalue weighted by atomic mass is 16.5. The zero-order valence-corrected chi connectivity index (χ0v) is 7.97. The van der Waals surface area contributed by atoms with E-state index in [1.54, 1.807) is 0 Å². The lowest BCUT2D eigenvalue weighted by Gasteiger charge is -2.00. The van der Waals surface area contributed by atoms with Crippen molar-refractivity contribution in [1.29, 1.82) is 0 Å². The van der Waals surface area contributed by atoms with Crippen molar-refractivity contribution in [1.82, 2.24) is 0 Å². The molecule has 2 nitrogen and oxygen atoms in total. The molecule has 68 valence electrons. The van der Waals surface area contributed by atoms with E-state index in [1.165, 1.54) is 12.8 Å². The lowest BCUT2D eigenvalue weighted by Crippen LogP contribution is -2.06. The van der Waals surface area contributed by atoms with Crippen LogP contribution < -0.4 is 0 Å². The summed E-state index contributed by atoms with van der Waals surface area (Å²) in [5, 5.41) is 0. The largest absolute Gasteiger partial charge is 0.478 e. The molecule has 1 aliphatic heterocycles. The molecule has 0 N–H and O–H groups in total.